The molecule has 0 unspecified atom stereocenters. The quantitative estimate of drug-likeness (QED) is 0.727. The number of nitriles is 1. The molecule has 16 heavy (non-hydrogen) atoms. The van der Waals surface area contributed by atoms with E-state index >= 15 is 0 Å². The second-order valence-corrected chi connectivity index (χ2v) is 4.47. The fourth-order valence-corrected chi connectivity index (χ4v) is 2.25. The molecule has 3 heteroatoms. The van der Waals surface area contributed by atoms with Crippen LogP contribution >= 0.6 is 0 Å². The van der Waals surface area contributed by atoms with E-state index in [-0.39, 0.29) is 0 Å². The largest absolute Gasteiger partial charge is 0.328 e. The average Bonchev–Trinajstić information content (AvgIpc) is 2.54. The van der Waals surface area contributed by atoms with E-state index in [2.05, 4.69) is 15.6 Å². The summed E-state index contributed by atoms with van der Waals surface area (Å²) in [5.41, 5.74) is 2.73. The van der Waals surface area contributed by atoms with E-state index in [0.29, 0.717) is 6.04 Å². The van der Waals surface area contributed by atoms with Crippen molar-refractivity contribution in [3.63, 3.8) is 0 Å². The number of hydrogen-bond donors (Lipinski definition) is 0. The van der Waals surface area contributed by atoms with Gasteiger partial charge in [0, 0.05) is 23.3 Å². The van der Waals surface area contributed by atoms with Gasteiger partial charge in [0.05, 0.1) is 5.56 Å². The number of rotatable bonds is 1. The van der Waals surface area contributed by atoms with Crippen molar-refractivity contribution >= 4 is 11.0 Å². The molecule has 2 aromatic rings. The van der Waals surface area contributed by atoms with Crippen molar-refractivity contribution < 1.29 is 0 Å². The second kappa shape index (κ2) is 3.34. The van der Waals surface area contributed by atoms with Crippen LogP contribution in [-0.4, -0.2) is 9.55 Å². The first-order chi connectivity index (χ1) is 7.79. The lowest BCUT2D eigenvalue weighted by atomic mass is 9.93. The van der Waals surface area contributed by atoms with E-state index < -0.39 is 0 Å². The van der Waals surface area contributed by atoms with Gasteiger partial charge in [0.1, 0.15) is 11.7 Å². The Labute approximate surface area is 94.3 Å². The third kappa shape index (κ3) is 1.23. The Hall–Kier alpha value is -1.82. The second-order valence-electron chi connectivity index (χ2n) is 4.47. The normalized spacial score (nSPS) is 16.0. The van der Waals surface area contributed by atoms with Gasteiger partial charge in [0.15, 0.2) is 0 Å². The van der Waals surface area contributed by atoms with Crippen molar-refractivity contribution in [3.05, 3.63) is 29.6 Å². The van der Waals surface area contributed by atoms with E-state index in [9.17, 15) is 0 Å². The number of hydrogen-bond acceptors (Lipinski definition) is 2. The van der Waals surface area contributed by atoms with Crippen molar-refractivity contribution in [2.75, 3.05) is 0 Å². The predicted octanol–water partition coefficient (Wildman–Crippen LogP) is 2.94. The smallest absolute Gasteiger partial charge is 0.141 e. The van der Waals surface area contributed by atoms with Crippen molar-refractivity contribution in [3.8, 4) is 6.07 Å². The lowest BCUT2D eigenvalue weighted by Crippen LogP contribution is -2.16. The van der Waals surface area contributed by atoms with Crippen molar-refractivity contribution in [1.82, 2.24) is 9.55 Å². The molecule has 0 N–H and O–H groups in total. The lowest BCUT2D eigenvalue weighted by Gasteiger charge is -2.27. The number of pyridine rings is 1. The van der Waals surface area contributed by atoms with Gasteiger partial charge in [-0.05, 0) is 38.3 Å². The number of nitrogens with zero attached hydrogens (tertiary/aromatic N) is 3. The summed E-state index contributed by atoms with van der Waals surface area (Å²) in [6.45, 7) is 1.99. The first-order valence-corrected chi connectivity index (χ1v) is 5.68. The molecule has 0 saturated heterocycles. The van der Waals surface area contributed by atoms with Crippen molar-refractivity contribution in [2.24, 2.45) is 0 Å². The summed E-state index contributed by atoms with van der Waals surface area (Å²) in [7, 11) is 0. The standard InChI is InChI=1S/C13H13N3/c1-9-5-6-12-10(7-14)8-16(13(12)15-9)11-3-2-4-11/h5-6,8,11H,2-4H2,1H3. The van der Waals surface area contributed by atoms with E-state index in [0.717, 1.165) is 22.3 Å². The van der Waals surface area contributed by atoms with Crippen LogP contribution in [0, 0.1) is 18.3 Å². The summed E-state index contributed by atoms with van der Waals surface area (Å²) >= 11 is 0. The molecule has 2 aromatic heterocycles. The zero-order valence-corrected chi connectivity index (χ0v) is 9.27. The third-order valence-corrected chi connectivity index (χ3v) is 3.41. The molecular formula is C13H13N3. The highest BCUT2D eigenvalue weighted by atomic mass is 15.1. The number of aryl methyl sites for hydroxylation is 1. The van der Waals surface area contributed by atoms with E-state index in [1.165, 1.54) is 19.3 Å². The molecule has 0 radical (unpaired) electrons. The van der Waals surface area contributed by atoms with Gasteiger partial charge in [-0.25, -0.2) is 4.98 Å². The van der Waals surface area contributed by atoms with Crippen LogP contribution in [0.1, 0.15) is 36.6 Å². The topological polar surface area (TPSA) is 41.6 Å². The molecule has 1 saturated carbocycles. The molecule has 0 aromatic carbocycles. The highest BCUT2D eigenvalue weighted by molar-refractivity contribution is 5.83. The van der Waals surface area contributed by atoms with Gasteiger partial charge in [0.25, 0.3) is 0 Å². The van der Waals surface area contributed by atoms with Crippen LogP contribution in [0.2, 0.25) is 0 Å². The summed E-state index contributed by atoms with van der Waals surface area (Å²) in [5, 5.41) is 10.1. The molecule has 1 aliphatic rings. The minimum absolute atomic E-state index is 0.555. The average molecular weight is 211 g/mol. The summed E-state index contributed by atoms with van der Waals surface area (Å²) in [5.74, 6) is 0. The Balaban J connectivity index is 2.27. The zero-order valence-electron chi connectivity index (χ0n) is 9.27. The van der Waals surface area contributed by atoms with Crippen LogP contribution in [0.15, 0.2) is 18.3 Å². The van der Waals surface area contributed by atoms with Gasteiger partial charge in [-0.15, -0.1) is 0 Å². The summed E-state index contributed by atoms with van der Waals surface area (Å²) in [6, 6.07) is 6.78. The summed E-state index contributed by atoms with van der Waals surface area (Å²) in [6.07, 6.45) is 5.67. The number of fused-ring (bicyclic) bond motifs is 1. The maximum atomic E-state index is 9.10. The monoisotopic (exact) mass is 211 g/mol. The van der Waals surface area contributed by atoms with Crippen LogP contribution in [0.4, 0.5) is 0 Å². The van der Waals surface area contributed by atoms with Crippen LogP contribution < -0.4 is 0 Å². The van der Waals surface area contributed by atoms with Gasteiger partial charge in [-0.1, -0.05) is 0 Å². The maximum Gasteiger partial charge on any atom is 0.141 e. The Morgan fingerprint density at radius 1 is 1.44 bits per heavy atom. The first kappa shape index (κ1) is 9.41. The molecule has 1 aliphatic carbocycles. The highest BCUT2D eigenvalue weighted by Gasteiger charge is 2.22. The molecule has 3 rings (SSSR count). The van der Waals surface area contributed by atoms with E-state index in [4.69, 9.17) is 5.26 Å². The molecular weight excluding hydrogens is 198 g/mol. The fraction of sp³-hybridized carbons (Fsp3) is 0.385. The Kier molecular flexibility index (Phi) is 1.97. The van der Waals surface area contributed by atoms with Crippen LogP contribution in [0.25, 0.3) is 11.0 Å². The molecule has 0 amide bonds. The maximum absolute atomic E-state index is 9.10. The molecule has 1 fully saturated rings. The Morgan fingerprint density at radius 2 is 2.25 bits per heavy atom. The first-order valence-electron chi connectivity index (χ1n) is 5.68. The lowest BCUT2D eigenvalue weighted by molar-refractivity contribution is 0.320. The van der Waals surface area contributed by atoms with Crippen LogP contribution in [0.5, 0.6) is 0 Å². The Bertz CT molecular complexity index is 585. The fourth-order valence-electron chi connectivity index (χ4n) is 2.25. The zero-order chi connectivity index (χ0) is 11.1. The Morgan fingerprint density at radius 3 is 2.88 bits per heavy atom. The molecule has 80 valence electrons. The van der Waals surface area contributed by atoms with E-state index in [1.807, 2.05) is 25.3 Å². The predicted molar refractivity (Wildman–Crippen MR) is 62.1 cm³/mol. The molecule has 0 bridgehead atoms. The van der Waals surface area contributed by atoms with Gasteiger partial charge in [-0.2, -0.15) is 5.26 Å². The third-order valence-electron chi connectivity index (χ3n) is 3.41. The van der Waals surface area contributed by atoms with Gasteiger partial charge in [0.2, 0.25) is 0 Å². The van der Waals surface area contributed by atoms with Gasteiger partial charge in [-0.3, -0.25) is 0 Å². The summed E-state index contributed by atoms with van der Waals surface area (Å²) < 4.78 is 2.18. The number of aromatic nitrogens is 2. The van der Waals surface area contributed by atoms with Crippen molar-refractivity contribution in [1.29, 1.82) is 5.26 Å². The molecule has 0 atom stereocenters. The van der Waals surface area contributed by atoms with Crippen LogP contribution in [0.3, 0.4) is 0 Å². The molecule has 0 spiro atoms. The molecule has 2 heterocycles. The van der Waals surface area contributed by atoms with E-state index in [1.54, 1.807) is 0 Å². The van der Waals surface area contributed by atoms with Gasteiger partial charge < -0.3 is 4.57 Å². The molecule has 3 nitrogen and oxygen atoms in total. The highest BCUT2D eigenvalue weighted by Crippen LogP contribution is 2.35. The summed E-state index contributed by atoms with van der Waals surface area (Å²) in [4.78, 5) is 4.56. The van der Waals surface area contributed by atoms with Crippen LogP contribution in [-0.2, 0) is 0 Å². The minimum atomic E-state index is 0.555. The van der Waals surface area contributed by atoms with Gasteiger partial charge >= 0.3 is 0 Å². The molecule has 0 aliphatic heterocycles. The SMILES string of the molecule is Cc1ccc2c(C#N)cn(C3CCC3)c2n1. The minimum Gasteiger partial charge on any atom is -0.328 e. The van der Waals surface area contributed by atoms with Crippen molar-refractivity contribution in [2.45, 2.75) is 32.2 Å².